The van der Waals surface area contributed by atoms with Gasteiger partial charge in [0.05, 0.1) is 18.2 Å². The molecule has 0 radical (unpaired) electrons. The van der Waals surface area contributed by atoms with Gasteiger partial charge in [0.15, 0.2) is 0 Å². The maximum Gasteiger partial charge on any atom is 0.225 e. The summed E-state index contributed by atoms with van der Waals surface area (Å²) in [5.74, 6) is 0.256. The molecule has 4 nitrogen and oxygen atoms in total. The lowest BCUT2D eigenvalue weighted by molar-refractivity contribution is -0.121. The predicted molar refractivity (Wildman–Crippen MR) is 72.6 cm³/mol. The number of carbonyl (C=O) groups excluding carboxylic acids is 1. The summed E-state index contributed by atoms with van der Waals surface area (Å²) in [5, 5.41) is 6.70. The van der Waals surface area contributed by atoms with Gasteiger partial charge in [-0.1, -0.05) is 17.3 Å². The summed E-state index contributed by atoms with van der Waals surface area (Å²) in [4.78, 5) is 12.0. The van der Waals surface area contributed by atoms with Gasteiger partial charge in [-0.2, -0.15) is 0 Å². The van der Waals surface area contributed by atoms with Crippen molar-refractivity contribution < 1.29 is 13.7 Å². The van der Waals surface area contributed by atoms with Crippen LogP contribution in [0, 0.1) is 19.7 Å². The third kappa shape index (κ3) is 3.23. The molecule has 1 amide bonds. The summed E-state index contributed by atoms with van der Waals surface area (Å²) in [6.07, 6.45) is 0.229. The van der Waals surface area contributed by atoms with Crippen molar-refractivity contribution >= 4 is 5.91 Å². The molecule has 0 spiro atoms. The molecule has 0 fully saturated rings. The fraction of sp³-hybridized carbons (Fsp3) is 0.333. The molecular formula is C15H17FN2O2. The van der Waals surface area contributed by atoms with Gasteiger partial charge in [-0.3, -0.25) is 4.79 Å². The first-order chi connectivity index (χ1) is 9.47. The van der Waals surface area contributed by atoms with Crippen LogP contribution in [0.15, 0.2) is 28.8 Å². The topological polar surface area (TPSA) is 55.1 Å². The van der Waals surface area contributed by atoms with E-state index in [1.165, 1.54) is 12.1 Å². The Balaban J connectivity index is 1.99. The number of nitrogens with one attached hydrogen (secondary N) is 1. The first kappa shape index (κ1) is 14.2. The molecule has 1 unspecified atom stereocenters. The molecule has 20 heavy (non-hydrogen) atoms. The number of aromatic nitrogens is 1. The Morgan fingerprint density at radius 1 is 1.35 bits per heavy atom. The largest absolute Gasteiger partial charge is 0.361 e. The van der Waals surface area contributed by atoms with E-state index >= 15 is 0 Å². The van der Waals surface area contributed by atoms with Gasteiger partial charge in [0.1, 0.15) is 11.6 Å². The van der Waals surface area contributed by atoms with E-state index in [1.807, 2.05) is 13.8 Å². The van der Waals surface area contributed by atoms with E-state index < -0.39 is 0 Å². The van der Waals surface area contributed by atoms with Crippen molar-refractivity contribution in [1.29, 1.82) is 0 Å². The molecular weight excluding hydrogens is 259 g/mol. The molecule has 0 aliphatic heterocycles. The SMILES string of the molecule is Cc1noc(C)c1CC(=O)NC(C)c1ccc(F)cc1. The van der Waals surface area contributed by atoms with Crippen LogP contribution in [0.2, 0.25) is 0 Å². The summed E-state index contributed by atoms with van der Waals surface area (Å²) < 4.78 is 17.9. The molecule has 1 aromatic carbocycles. The second kappa shape index (κ2) is 5.86. The maximum atomic E-state index is 12.8. The van der Waals surface area contributed by atoms with Crippen molar-refractivity contribution in [2.45, 2.75) is 33.2 Å². The quantitative estimate of drug-likeness (QED) is 0.934. The minimum absolute atomic E-state index is 0.115. The molecule has 2 rings (SSSR count). The molecule has 0 aliphatic carbocycles. The second-order valence-corrected chi connectivity index (χ2v) is 4.82. The van der Waals surface area contributed by atoms with E-state index in [2.05, 4.69) is 10.5 Å². The normalized spacial score (nSPS) is 12.2. The van der Waals surface area contributed by atoms with E-state index in [-0.39, 0.29) is 24.2 Å². The summed E-state index contributed by atoms with van der Waals surface area (Å²) in [5.41, 5.74) is 2.40. The van der Waals surface area contributed by atoms with Crippen LogP contribution in [0.25, 0.3) is 0 Å². The number of hydrogen-bond acceptors (Lipinski definition) is 3. The molecule has 2 aromatic rings. The van der Waals surface area contributed by atoms with Gasteiger partial charge in [-0.05, 0) is 38.5 Å². The number of aryl methyl sites for hydroxylation is 2. The Morgan fingerprint density at radius 2 is 2.00 bits per heavy atom. The lowest BCUT2D eigenvalue weighted by Gasteiger charge is -2.14. The van der Waals surface area contributed by atoms with Crippen LogP contribution in [-0.4, -0.2) is 11.1 Å². The fourth-order valence-electron chi connectivity index (χ4n) is 2.04. The van der Waals surface area contributed by atoms with Crippen LogP contribution < -0.4 is 5.32 Å². The van der Waals surface area contributed by atoms with E-state index in [0.717, 1.165) is 16.8 Å². The minimum Gasteiger partial charge on any atom is -0.361 e. The molecule has 1 atom stereocenters. The molecule has 1 aromatic heterocycles. The maximum absolute atomic E-state index is 12.8. The van der Waals surface area contributed by atoms with Gasteiger partial charge in [0.25, 0.3) is 0 Å². The summed E-state index contributed by atoms with van der Waals surface area (Å²) >= 11 is 0. The summed E-state index contributed by atoms with van der Waals surface area (Å²) in [7, 11) is 0. The van der Waals surface area contributed by atoms with Gasteiger partial charge in [-0.25, -0.2) is 4.39 Å². The Labute approximate surface area is 117 Å². The fourth-order valence-corrected chi connectivity index (χ4v) is 2.04. The summed E-state index contributed by atoms with van der Waals surface area (Å²) in [6, 6.07) is 5.91. The average Bonchev–Trinajstić information content (AvgIpc) is 2.71. The highest BCUT2D eigenvalue weighted by Gasteiger charge is 2.15. The van der Waals surface area contributed by atoms with Gasteiger partial charge in [-0.15, -0.1) is 0 Å². The third-order valence-electron chi connectivity index (χ3n) is 3.27. The van der Waals surface area contributed by atoms with Crippen molar-refractivity contribution in [1.82, 2.24) is 10.5 Å². The Bertz CT molecular complexity index is 585. The van der Waals surface area contributed by atoms with Crippen LogP contribution in [0.1, 0.15) is 35.5 Å². The zero-order valence-electron chi connectivity index (χ0n) is 11.7. The van der Waals surface area contributed by atoms with E-state index in [9.17, 15) is 9.18 Å². The molecule has 0 aliphatic rings. The molecule has 0 saturated carbocycles. The highest BCUT2D eigenvalue weighted by atomic mass is 19.1. The second-order valence-electron chi connectivity index (χ2n) is 4.82. The molecule has 0 saturated heterocycles. The van der Waals surface area contributed by atoms with E-state index in [0.29, 0.717) is 5.76 Å². The van der Waals surface area contributed by atoms with Crippen LogP contribution >= 0.6 is 0 Å². The smallest absolute Gasteiger partial charge is 0.225 e. The van der Waals surface area contributed by atoms with Crippen LogP contribution in [0.4, 0.5) is 4.39 Å². The van der Waals surface area contributed by atoms with E-state index in [4.69, 9.17) is 4.52 Å². The number of amides is 1. The molecule has 106 valence electrons. The number of benzene rings is 1. The van der Waals surface area contributed by atoms with Crippen LogP contribution in [-0.2, 0) is 11.2 Å². The van der Waals surface area contributed by atoms with Crippen LogP contribution in [0.3, 0.4) is 0 Å². The highest BCUT2D eigenvalue weighted by molar-refractivity contribution is 5.79. The molecule has 5 heteroatoms. The highest BCUT2D eigenvalue weighted by Crippen LogP contribution is 2.15. The number of halogens is 1. The van der Waals surface area contributed by atoms with Gasteiger partial charge >= 0.3 is 0 Å². The molecule has 1 N–H and O–H groups in total. The predicted octanol–water partition coefficient (Wildman–Crippen LogP) is 2.85. The van der Waals surface area contributed by atoms with Crippen molar-refractivity contribution in [2.24, 2.45) is 0 Å². The zero-order valence-corrected chi connectivity index (χ0v) is 11.7. The van der Waals surface area contributed by atoms with Crippen molar-refractivity contribution in [3.63, 3.8) is 0 Å². The number of nitrogens with zero attached hydrogens (tertiary/aromatic N) is 1. The van der Waals surface area contributed by atoms with Gasteiger partial charge in [0, 0.05) is 5.56 Å². The lowest BCUT2D eigenvalue weighted by Crippen LogP contribution is -2.28. The Morgan fingerprint density at radius 3 is 2.55 bits per heavy atom. The third-order valence-corrected chi connectivity index (χ3v) is 3.27. The molecule has 0 bridgehead atoms. The number of carbonyl (C=O) groups is 1. The Hall–Kier alpha value is -2.17. The Kier molecular flexibility index (Phi) is 4.17. The first-order valence-electron chi connectivity index (χ1n) is 6.44. The van der Waals surface area contributed by atoms with Crippen molar-refractivity contribution in [3.8, 4) is 0 Å². The van der Waals surface area contributed by atoms with Gasteiger partial charge < -0.3 is 9.84 Å². The average molecular weight is 276 g/mol. The number of rotatable bonds is 4. The van der Waals surface area contributed by atoms with Gasteiger partial charge in [0.2, 0.25) is 5.91 Å². The lowest BCUT2D eigenvalue weighted by atomic mass is 10.1. The van der Waals surface area contributed by atoms with E-state index in [1.54, 1.807) is 19.1 Å². The van der Waals surface area contributed by atoms with Crippen molar-refractivity contribution in [3.05, 3.63) is 52.7 Å². The van der Waals surface area contributed by atoms with Crippen molar-refractivity contribution in [2.75, 3.05) is 0 Å². The zero-order chi connectivity index (χ0) is 14.7. The first-order valence-corrected chi connectivity index (χ1v) is 6.44. The van der Waals surface area contributed by atoms with Crippen LogP contribution in [0.5, 0.6) is 0 Å². The summed E-state index contributed by atoms with van der Waals surface area (Å²) in [6.45, 7) is 5.45. The molecule has 1 heterocycles. The monoisotopic (exact) mass is 276 g/mol. The number of hydrogen-bond donors (Lipinski definition) is 1. The minimum atomic E-state index is -0.289. The standard InChI is InChI=1S/C15H17FN2O2/c1-9(12-4-6-13(16)7-5-12)17-15(19)8-14-10(2)18-20-11(14)3/h4-7,9H,8H2,1-3H3,(H,17,19).